The van der Waals surface area contributed by atoms with Crippen LogP contribution in [0.25, 0.3) is 0 Å². The Balaban J connectivity index is 1.76. The van der Waals surface area contributed by atoms with Gasteiger partial charge in [-0.05, 0) is 74.5 Å². The summed E-state index contributed by atoms with van der Waals surface area (Å²) in [6.45, 7) is 0. The SMILES string of the molecule is O=C(O)C1(C23CC4CC(CC(C4)C2)C3)CCCC1. The Hall–Kier alpha value is -0.530. The maximum absolute atomic E-state index is 12.0. The van der Waals surface area contributed by atoms with Gasteiger partial charge in [0.05, 0.1) is 5.41 Å². The number of carboxylic acid groups (broad SMARTS) is 1. The van der Waals surface area contributed by atoms with E-state index in [1.165, 1.54) is 38.5 Å². The highest BCUT2D eigenvalue weighted by Gasteiger charge is 2.63. The van der Waals surface area contributed by atoms with Crippen LogP contribution in [0.2, 0.25) is 0 Å². The van der Waals surface area contributed by atoms with Crippen LogP contribution in [-0.4, -0.2) is 11.1 Å². The molecule has 0 amide bonds. The van der Waals surface area contributed by atoms with E-state index < -0.39 is 5.97 Å². The first-order valence-electron chi connectivity index (χ1n) is 7.87. The van der Waals surface area contributed by atoms with Crippen molar-refractivity contribution in [1.29, 1.82) is 0 Å². The zero-order valence-electron chi connectivity index (χ0n) is 11.2. The molecule has 0 radical (unpaired) electrons. The molecule has 5 fully saturated rings. The molecule has 2 nitrogen and oxygen atoms in total. The summed E-state index contributed by atoms with van der Waals surface area (Å²) in [7, 11) is 0. The molecule has 0 aliphatic heterocycles. The molecule has 0 aromatic heterocycles. The first-order valence-corrected chi connectivity index (χ1v) is 7.87. The molecule has 0 aromatic rings. The molecule has 0 spiro atoms. The second-order valence-corrected chi connectivity index (χ2v) is 7.79. The van der Waals surface area contributed by atoms with Gasteiger partial charge in [-0.2, -0.15) is 0 Å². The second kappa shape index (κ2) is 3.52. The molecule has 0 unspecified atom stereocenters. The van der Waals surface area contributed by atoms with Crippen molar-refractivity contribution in [3.8, 4) is 0 Å². The van der Waals surface area contributed by atoms with Gasteiger partial charge in [0, 0.05) is 0 Å². The van der Waals surface area contributed by atoms with Gasteiger partial charge in [0.25, 0.3) is 0 Å². The molecule has 0 saturated heterocycles. The summed E-state index contributed by atoms with van der Waals surface area (Å²) in [6.07, 6.45) is 12.2. The van der Waals surface area contributed by atoms with Crippen LogP contribution in [-0.2, 0) is 4.79 Å². The number of rotatable bonds is 2. The highest BCUT2D eigenvalue weighted by atomic mass is 16.4. The number of hydrogen-bond donors (Lipinski definition) is 1. The molecule has 100 valence electrons. The Labute approximate surface area is 109 Å². The van der Waals surface area contributed by atoms with Crippen LogP contribution in [0, 0.1) is 28.6 Å². The summed E-state index contributed by atoms with van der Waals surface area (Å²) < 4.78 is 0. The van der Waals surface area contributed by atoms with Crippen molar-refractivity contribution in [3.63, 3.8) is 0 Å². The Morgan fingerprint density at radius 1 is 0.889 bits per heavy atom. The molecule has 0 atom stereocenters. The average Bonchev–Trinajstić information content (AvgIpc) is 2.77. The monoisotopic (exact) mass is 248 g/mol. The van der Waals surface area contributed by atoms with Gasteiger partial charge in [0.1, 0.15) is 0 Å². The predicted molar refractivity (Wildman–Crippen MR) is 69.1 cm³/mol. The van der Waals surface area contributed by atoms with Crippen LogP contribution in [0.1, 0.15) is 64.2 Å². The summed E-state index contributed by atoms with van der Waals surface area (Å²) in [5, 5.41) is 9.92. The molecule has 5 rings (SSSR count). The number of carbonyl (C=O) groups is 1. The zero-order chi connectivity index (χ0) is 12.4. The smallest absolute Gasteiger partial charge is 0.310 e. The van der Waals surface area contributed by atoms with Crippen LogP contribution in [0.4, 0.5) is 0 Å². The van der Waals surface area contributed by atoms with Gasteiger partial charge >= 0.3 is 5.97 Å². The second-order valence-electron chi connectivity index (χ2n) is 7.79. The summed E-state index contributed by atoms with van der Waals surface area (Å²) in [4.78, 5) is 12.0. The first kappa shape index (κ1) is 11.3. The first-order chi connectivity index (χ1) is 8.64. The molecular formula is C16H24O2. The summed E-state index contributed by atoms with van der Waals surface area (Å²) >= 11 is 0. The Kier molecular flexibility index (Phi) is 2.21. The van der Waals surface area contributed by atoms with Gasteiger partial charge in [0.15, 0.2) is 0 Å². The van der Waals surface area contributed by atoms with Crippen LogP contribution in [0.3, 0.4) is 0 Å². The van der Waals surface area contributed by atoms with E-state index in [9.17, 15) is 9.90 Å². The van der Waals surface area contributed by atoms with E-state index in [0.717, 1.165) is 43.4 Å². The minimum Gasteiger partial charge on any atom is -0.481 e. The summed E-state index contributed by atoms with van der Waals surface area (Å²) in [5.41, 5.74) is -0.132. The van der Waals surface area contributed by atoms with Crippen LogP contribution >= 0.6 is 0 Å². The van der Waals surface area contributed by atoms with Crippen LogP contribution < -0.4 is 0 Å². The Morgan fingerprint density at radius 3 is 1.72 bits per heavy atom. The fourth-order valence-corrected chi connectivity index (χ4v) is 6.65. The largest absolute Gasteiger partial charge is 0.481 e. The minimum absolute atomic E-state index is 0.198. The van der Waals surface area contributed by atoms with Crippen LogP contribution in [0.15, 0.2) is 0 Å². The fraction of sp³-hybridized carbons (Fsp3) is 0.938. The number of aliphatic carboxylic acids is 1. The van der Waals surface area contributed by atoms with Crippen molar-refractivity contribution in [2.45, 2.75) is 64.2 Å². The summed E-state index contributed by atoms with van der Waals surface area (Å²) in [6, 6.07) is 0. The third-order valence-electron chi connectivity index (χ3n) is 6.92. The molecule has 2 heteroatoms. The normalized spacial score (nSPS) is 48.6. The van der Waals surface area contributed by atoms with Gasteiger partial charge in [0.2, 0.25) is 0 Å². The third-order valence-corrected chi connectivity index (χ3v) is 6.92. The van der Waals surface area contributed by atoms with E-state index in [-0.39, 0.29) is 10.8 Å². The Bertz CT molecular complexity index is 343. The van der Waals surface area contributed by atoms with Gasteiger partial charge in [-0.15, -0.1) is 0 Å². The molecule has 1 N–H and O–H groups in total. The molecule has 5 aliphatic rings. The predicted octanol–water partition coefficient (Wildman–Crippen LogP) is 3.85. The lowest BCUT2D eigenvalue weighted by Crippen LogP contribution is -2.56. The van der Waals surface area contributed by atoms with Crippen molar-refractivity contribution in [2.24, 2.45) is 28.6 Å². The van der Waals surface area contributed by atoms with E-state index in [2.05, 4.69) is 0 Å². The van der Waals surface area contributed by atoms with Gasteiger partial charge in [-0.25, -0.2) is 0 Å². The minimum atomic E-state index is -0.457. The Morgan fingerprint density at radius 2 is 1.33 bits per heavy atom. The van der Waals surface area contributed by atoms with Gasteiger partial charge in [-0.1, -0.05) is 12.8 Å². The van der Waals surface area contributed by atoms with E-state index in [0.29, 0.717) is 0 Å². The number of carboxylic acids is 1. The highest BCUT2D eigenvalue weighted by molar-refractivity contribution is 5.76. The van der Waals surface area contributed by atoms with Crippen LogP contribution in [0.5, 0.6) is 0 Å². The average molecular weight is 248 g/mol. The lowest BCUT2D eigenvalue weighted by atomic mass is 9.42. The van der Waals surface area contributed by atoms with E-state index >= 15 is 0 Å². The van der Waals surface area contributed by atoms with E-state index in [1.807, 2.05) is 0 Å². The zero-order valence-corrected chi connectivity index (χ0v) is 11.2. The van der Waals surface area contributed by atoms with Crippen molar-refractivity contribution < 1.29 is 9.90 Å². The van der Waals surface area contributed by atoms with Gasteiger partial charge < -0.3 is 5.11 Å². The summed E-state index contributed by atoms with van der Waals surface area (Å²) in [5.74, 6) is 2.15. The fourth-order valence-electron chi connectivity index (χ4n) is 6.65. The van der Waals surface area contributed by atoms with Crippen molar-refractivity contribution in [1.82, 2.24) is 0 Å². The molecule has 18 heavy (non-hydrogen) atoms. The molecule has 5 saturated carbocycles. The van der Waals surface area contributed by atoms with E-state index in [1.54, 1.807) is 0 Å². The maximum atomic E-state index is 12.0. The van der Waals surface area contributed by atoms with Crippen molar-refractivity contribution in [2.75, 3.05) is 0 Å². The highest BCUT2D eigenvalue weighted by Crippen LogP contribution is 2.69. The topological polar surface area (TPSA) is 37.3 Å². The third kappa shape index (κ3) is 1.27. The molecule has 0 heterocycles. The molecule has 4 bridgehead atoms. The molecular weight excluding hydrogens is 224 g/mol. The van der Waals surface area contributed by atoms with Gasteiger partial charge in [-0.3, -0.25) is 4.79 Å². The quantitative estimate of drug-likeness (QED) is 0.806. The lowest BCUT2D eigenvalue weighted by Gasteiger charge is -2.62. The standard InChI is InChI=1S/C16H24O2/c17-14(18)16(3-1-2-4-16)15-8-11-5-12(9-15)7-13(6-11)10-15/h11-13H,1-10H2,(H,17,18). The van der Waals surface area contributed by atoms with Crippen molar-refractivity contribution >= 4 is 5.97 Å². The molecule has 5 aliphatic carbocycles. The van der Waals surface area contributed by atoms with E-state index in [4.69, 9.17) is 0 Å². The maximum Gasteiger partial charge on any atom is 0.310 e. The number of hydrogen-bond acceptors (Lipinski definition) is 1. The van der Waals surface area contributed by atoms with Crippen molar-refractivity contribution in [3.05, 3.63) is 0 Å². The lowest BCUT2D eigenvalue weighted by molar-refractivity contribution is -0.178. The molecule has 0 aromatic carbocycles.